The molecule has 3 heterocycles. The molecule has 2 aromatic rings. The van der Waals surface area contributed by atoms with E-state index in [-0.39, 0.29) is 23.4 Å². The normalized spacial score (nSPS) is 26.2. The zero-order valence-corrected chi connectivity index (χ0v) is 21.5. The highest BCUT2D eigenvalue weighted by atomic mass is 31.3. The third kappa shape index (κ3) is 8.39. The van der Waals surface area contributed by atoms with E-state index in [2.05, 4.69) is 23.8 Å². The minimum absolute atomic E-state index is 0.0388. The van der Waals surface area contributed by atoms with Crippen LogP contribution in [0.25, 0.3) is 11.2 Å². The monoisotopic (exact) mass is 607 g/mol. The van der Waals surface area contributed by atoms with Gasteiger partial charge in [-0.05, 0) is 6.92 Å². The summed E-state index contributed by atoms with van der Waals surface area (Å²) in [5.41, 5.74) is 5.12. The van der Waals surface area contributed by atoms with Gasteiger partial charge in [0.1, 0.15) is 30.5 Å². The summed E-state index contributed by atoms with van der Waals surface area (Å²) >= 11 is 0. The summed E-state index contributed by atoms with van der Waals surface area (Å²) in [4.78, 5) is 57.9. The molecule has 0 aromatic carbocycles. The number of carbonyl (C=O) groups excluding carboxylic acids is 1. The quantitative estimate of drug-likeness (QED) is 0.0891. The van der Waals surface area contributed by atoms with Crippen molar-refractivity contribution >= 4 is 39.0 Å². The molecule has 0 amide bonds. The first-order valence-corrected chi connectivity index (χ1v) is 13.6. The largest absolute Gasteiger partial charge is 0.481 e. The molecule has 0 bridgehead atoms. The molecular formula is C16H27N5O16P2. The first kappa shape index (κ1) is 33.0. The maximum atomic E-state index is 11.7. The minimum Gasteiger partial charge on any atom is -0.394 e. The second-order valence-electron chi connectivity index (χ2n) is 7.97. The number of aliphatic hydroxyl groups excluding tert-OH is 6. The van der Waals surface area contributed by atoms with Gasteiger partial charge in [0, 0.05) is 0 Å². The predicted molar refractivity (Wildman–Crippen MR) is 123 cm³/mol. The molecule has 0 spiro atoms. The molecule has 0 radical (unpaired) electrons. The van der Waals surface area contributed by atoms with Gasteiger partial charge in [-0.1, -0.05) is 0 Å². The first-order valence-electron chi connectivity index (χ1n) is 10.5. The van der Waals surface area contributed by atoms with Crippen molar-refractivity contribution in [1.82, 2.24) is 19.5 Å². The smallest absolute Gasteiger partial charge is 0.394 e. The van der Waals surface area contributed by atoms with Crippen LogP contribution >= 0.6 is 15.6 Å². The number of rotatable bonds is 10. The summed E-state index contributed by atoms with van der Waals surface area (Å²) in [7, 11) is -10.7. The van der Waals surface area contributed by atoms with Crippen LogP contribution in [0.15, 0.2) is 11.1 Å². The number of ether oxygens (including phenoxy) is 1. The lowest BCUT2D eigenvalue weighted by molar-refractivity contribution is -0.131. The average molecular weight is 607 g/mol. The predicted octanol–water partition coefficient (Wildman–Crippen LogP) is -4.80. The number of fused-ring (bicyclic) bond motifs is 1. The van der Waals surface area contributed by atoms with Crippen LogP contribution < -0.4 is 11.3 Å². The van der Waals surface area contributed by atoms with Crippen LogP contribution in [0.1, 0.15) is 13.2 Å². The molecule has 12 N–H and O–H groups in total. The Morgan fingerprint density at radius 2 is 1.82 bits per heavy atom. The molecule has 9 atom stereocenters. The molecule has 3 rings (SSSR count). The molecule has 23 heteroatoms. The summed E-state index contributed by atoms with van der Waals surface area (Å²) in [6.07, 6.45) is -11.1. The van der Waals surface area contributed by atoms with Gasteiger partial charge in [0.05, 0.1) is 19.0 Å². The summed E-state index contributed by atoms with van der Waals surface area (Å²) in [6, 6.07) is 0. The third-order valence-electron chi connectivity index (χ3n) is 5.02. The van der Waals surface area contributed by atoms with Gasteiger partial charge in [-0.2, -0.15) is 9.29 Å². The number of phosphoric acid groups is 2. The number of aldehydes is 1. The molecule has 1 unspecified atom stereocenters. The second-order valence-corrected chi connectivity index (χ2v) is 10.8. The van der Waals surface area contributed by atoms with Crippen molar-refractivity contribution in [3.05, 3.63) is 16.7 Å². The van der Waals surface area contributed by atoms with Crippen LogP contribution in [0.5, 0.6) is 0 Å². The number of hydrogen-bond acceptors (Lipinski definition) is 16. The molecule has 21 nitrogen and oxygen atoms in total. The number of carbonyl (C=O) groups is 1. The van der Waals surface area contributed by atoms with Gasteiger partial charge in [0.15, 0.2) is 29.8 Å². The SMILES string of the molecule is C[C@H](O)[C@@H](O)[C@@H](O)[C@@H](C=O)OP(=O)(O)OP(=O)(O)O.Nc1nc2c(ncn2[C@@H]2O[C@H](CO)[C@@H](O)[C@H]2O)c(=O)[nH]1. The van der Waals surface area contributed by atoms with E-state index in [0.717, 1.165) is 6.92 Å². The molecule has 1 aliphatic heterocycles. The van der Waals surface area contributed by atoms with E-state index in [1.165, 1.54) is 10.9 Å². The number of nitrogens with one attached hydrogen (secondary N) is 1. The standard InChI is InChI=1S/C10H13N5O5.C6H14O11P2/c11-10-13-7-4(8(19)14-10)12-2-15(7)9-6(18)5(17)3(1-16)20-9;1-3(8)5(9)6(10)4(2-7)16-19(14,15)17-18(11,12)13/h2-3,5-6,9,16-18H,1H2,(H3,11,13,14,19);2-6,8-10H,1H3,(H,14,15)(H2,11,12,13)/t3-,5-,6-,9-;3-,4+,5+,6-/m10/s1. The fourth-order valence-electron chi connectivity index (χ4n) is 3.19. The van der Waals surface area contributed by atoms with Crippen LogP contribution in [0, 0.1) is 0 Å². The fourth-order valence-corrected chi connectivity index (χ4v) is 4.91. The van der Waals surface area contributed by atoms with Gasteiger partial charge < -0.3 is 60.6 Å². The first-order chi connectivity index (χ1) is 17.9. The van der Waals surface area contributed by atoms with Crippen LogP contribution in [0.3, 0.4) is 0 Å². The number of aromatic nitrogens is 4. The lowest BCUT2D eigenvalue weighted by Gasteiger charge is -2.25. The zero-order chi connectivity index (χ0) is 29.9. The van der Waals surface area contributed by atoms with Crippen molar-refractivity contribution in [2.45, 2.75) is 55.9 Å². The topological polar surface area (TPSA) is 351 Å². The number of imidazole rings is 1. The van der Waals surface area contributed by atoms with Crippen molar-refractivity contribution in [3.63, 3.8) is 0 Å². The summed E-state index contributed by atoms with van der Waals surface area (Å²) in [5, 5.41) is 56.3. The zero-order valence-electron chi connectivity index (χ0n) is 19.7. The van der Waals surface area contributed by atoms with Crippen molar-refractivity contribution in [3.8, 4) is 0 Å². The van der Waals surface area contributed by atoms with Crippen LogP contribution in [0.2, 0.25) is 0 Å². The second kappa shape index (κ2) is 13.0. The highest BCUT2D eigenvalue weighted by molar-refractivity contribution is 7.60. The number of aliphatic hydroxyl groups is 6. The highest BCUT2D eigenvalue weighted by Gasteiger charge is 2.44. The number of nitrogens with two attached hydrogens (primary N) is 1. The van der Waals surface area contributed by atoms with Crippen molar-refractivity contribution in [1.29, 1.82) is 0 Å². The van der Waals surface area contributed by atoms with E-state index >= 15 is 0 Å². The lowest BCUT2D eigenvalue weighted by atomic mass is 10.1. The van der Waals surface area contributed by atoms with Crippen molar-refractivity contribution in [2.75, 3.05) is 12.3 Å². The van der Waals surface area contributed by atoms with E-state index < -0.39 is 76.8 Å². The Morgan fingerprint density at radius 3 is 2.31 bits per heavy atom. The Bertz CT molecular complexity index is 1280. The number of nitrogen functional groups attached to an aromatic ring is 1. The Labute approximate surface area is 216 Å². The molecule has 39 heavy (non-hydrogen) atoms. The number of H-pyrrole nitrogens is 1. The van der Waals surface area contributed by atoms with E-state index in [1.807, 2.05) is 0 Å². The molecule has 222 valence electrons. The Balaban J connectivity index is 0.000000274. The van der Waals surface area contributed by atoms with Crippen LogP contribution in [-0.4, -0.2) is 120 Å². The number of anilines is 1. The summed E-state index contributed by atoms with van der Waals surface area (Å²) < 4.78 is 35.5. The molecule has 0 saturated carbocycles. The number of phosphoric ester groups is 1. The maximum absolute atomic E-state index is 11.7. The highest BCUT2D eigenvalue weighted by Crippen LogP contribution is 2.58. The van der Waals surface area contributed by atoms with Gasteiger partial charge in [0.2, 0.25) is 5.95 Å². The minimum atomic E-state index is -5.37. The van der Waals surface area contributed by atoms with Gasteiger partial charge >= 0.3 is 15.6 Å². The van der Waals surface area contributed by atoms with E-state index in [1.54, 1.807) is 0 Å². The average Bonchev–Trinajstić information content (AvgIpc) is 3.36. The molecule has 1 saturated heterocycles. The third-order valence-corrected chi connectivity index (χ3v) is 7.21. The number of hydrogen-bond donors (Lipinski definition) is 11. The van der Waals surface area contributed by atoms with E-state index in [4.69, 9.17) is 35.4 Å². The van der Waals surface area contributed by atoms with Gasteiger partial charge in [-0.3, -0.25) is 18.9 Å². The van der Waals surface area contributed by atoms with Crippen LogP contribution in [-0.2, 0) is 27.5 Å². The number of aromatic amines is 1. The molecule has 2 aromatic heterocycles. The fraction of sp³-hybridized carbons (Fsp3) is 0.625. The van der Waals surface area contributed by atoms with Crippen molar-refractivity contribution in [2.24, 2.45) is 0 Å². The van der Waals surface area contributed by atoms with Crippen LogP contribution in [0.4, 0.5) is 5.95 Å². The van der Waals surface area contributed by atoms with Gasteiger partial charge in [0.25, 0.3) is 5.56 Å². The Hall–Kier alpha value is -2.20. The maximum Gasteiger partial charge on any atom is 0.481 e. The molecular weight excluding hydrogens is 580 g/mol. The summed E-state index contributed by atoms with van der Waals surface area (Å²) in [5.74, 6) is -0.101. The molecule has 0 aliphatic carbocycles. The van der Waals surface area contributed by atoms with E-state index in [0.29, 0.717) is 0 Å². The van der Waals surface area contributed by atoms with Gasteiger partial charge in [-0.25, -0.2) is 14.1 Å². The lowest BCUT2D eigenvalue weighted by Crippen LogP contribution is -2.44. The van der Waals surface area contributed by atoms with E-state index in [9.17, 15) is 39.1 Å². The number of nitrogens with zero attached hydrogens (tertiary/aromatic N) is 3. The molecule has 1 aliphatic rings. The Kier molecular flexibility index (Phi) is 11.0. The summed E-state index contributed by atoms with van der Waals surface area (Å²) in [6.45, 7) is 0.609. The Morgan fingerprint density at radius 1 is 1.21 bits per heavy atom. The molecule has 1 fully saturated rings. The van der Waals surface area contributed by atoms with Gasteiger partial charge in [-0.15, -0.1) is 0 Å². The van der Waals surface area contributed by atoms with Crippen molar-refractivity contribution < 1.29 is 72.8 Å².